The molecule has 1 fully saturated rings. The van der Waals surface area contributed by atoms with Crippen LogP contribution >= 0.6 is 0 Å². The molecule has 1 heterocycles. The zero-order valence-electron chi connectivity index (χ0n) is 13.7. The Hall–Kier alpha value is -1.43. The molecule has 0 saturated heterocycles. The standard InChI is InChI=1S/C15H25N3O3/c1-7-20-10-8-9(10)11(19)17-15(5,6)12-16-13(21-18-12)14(2,3)4/h9-10H,7-8H2,1-6H3,(H,17,19)/t9-,10+/m0/s1. The fourth-order valence-corrected chi connectivity index (χ4v) is 2.08. The molecule has 0 aliphatic heterocycles. The maximum absolute atomic E-state index is 12.2. The molecular formula is C15H25N3O3. The molecule has 1 aliphatic rings. The summed E-state index contributed by atoms with van der Waals surface area (Å²) in [5, 5.41) is 6.99. The summed E-state index contributed by atoms with van der Waals surface area (Å²) in [6, 6.07) is 0. The molecule has 0 unspecified atom stereocenters. The van der Waals surface area contributed by atoms with Crippen molar-refractivity contribution < 1.29 is 14.1 Å². The van der Waals surface area contributed by atoms with Gasteiger partial charge in [0, 0.05) is 12.0 Å². The van der Waals surface area contributed by atoms with Gasteiger partial charge in [0.2, 0.25) is 11.8 Å². The first-order chi connectivity index (χ1) is 9.65. The minimum atomic E-state index is -0.663. The van der Waals surface area contributed by atoms with Crippen molar-refractivity contribution in [2.24, 2.45) is 5.92 Å². The molecule has 1 amide bonds. The lowest BCUT2D eigenvalue weighted by molar-refractivity contribution is -0.125. The number of hydrogen-bond acceptors (Lipinski definition) is 5. The van der Waals surface area contributed by atoms with Crippen LogP contribution in [0.2, 0.25) is 0 Å². The normalized spacial score (nSPS) is 22.2. The fraction of sp³-hybridized carbons (Fsp3) is 0.800. The van der Waals surface area contributed by atoms with Gasteiger partial charge in [0.05, 0.1) is 17.6 Å². The van der Waals surface area contributed by atoms with Gasteiger partial charge in [0.15, 0.2) is 5.82 Å². The Labute approximate surface area is 125 Å². The number of amides is 1. The third kappa shape index (κ3) is 3.61. The van der Waals surface area contributed by atoms with Crippen LogP contribution in [0, 0.1) is 5.92 Å². The number of hydrogen-bond donors (Lipinski definition) is 1. The van der Waals surface area contributed by atoms with Crippen molar-refractivity contribution in [2.45, 2.75) is 65.0 Å². The van der Waals surface area contributed by atoms with Crippen molar-refractivity contribution in [1.29, 1.82) is 0 Å². The first kappa shape index (κ1) is 15.9. The monoisotopic (exact) mass is 295 g/mol. The van der Waals surface area contributed by atoms with Crippen LogP contribution in [0.1, 0.15) is 59.7 Å². The number of nitrogens with zero attached hydrogens (tertiary/aromatic N) is 2. The summed E-state index contributed by atoms with van der Waals surface area (Å²) in [5.74, 6) is 0.992. The van der Waals surface area contributed by atoms with Crippen molar-refractivity contribution in [3.63, 3.8) is 0 Å². The lowest BCUT2D eigenvalue weighted by atomic mass is 9.97. The Morgan fingerprint density at radius 3 is 2.57 bits per heavy atom. The average molecular weight is 295 g/mol. The summed E-state index contributed by atoms with van der Waals surface area (Å²) in [6.45, 7) is 12.3. The maximum Gasteiger partial charge on any atom is 0.232 e. The molecule has 6 heteroatoms. The number of aromatic nitrogens is 2. The minimum Gasteiger partial charge on any atom is -0.378 e. The van der Waals surface area contributed by atoms with E-state index in [0.717, 1.165) is 6.42 Å². The molecule has 118 valence electrons. The van der Waals surface area contributed by atoms with Crippen molar-refractivity contribution >= 4 is 5.91 Å². The number of ether oxygens (including phenoxy) is 1. The molecule has 1 aromatic rings. The Morgan fingerprint density at radius 2 is 2.05 bits per heavy atom. The smallest absolute Gasteiger partial charge is 0.232 e. The Balaban J connectivity index is 2.02. The van der Waals surface area contributed by atoms with Crippen LogP contribution in [0.25, 0.3) is 0 Å². The second kappa shape index (κ2) is 5.40. The summed E-state index contributed by atoms with van der Waals surface area (Å²) in [6.07, 6.45) is 0.844. The maximum atomic E-state index is 12.2. The first-order valence-electron chi connectivity index (χ1n) is 7.43. The van der Waals surface area contributed by atoms with E-state index >= 15 is 0 Å². The first-order valence-corrected chi connectivity index (χ1v) is 7.43. The van der Waals surface area contributed by atoms with Gasteiger partial charge in [-0.15, -0.1) is 0 Å². The van der Waals surface area contributed by atoms with Gasteiger partial charge in [-0.2, -0.15) is 4.98 Å². The highest BCUT2D eigenvalue weighted by molar-refractivity contribution is 5.82. The molecule has 1 aliphatic carbocycles. The molecule has 0 bridgehead atoms. The van der Waals surface area contributed by atoms with Gasteiger partial charge < -0.3 is 14.6 Å². The van der Waals surface area contributed by atoms with Crippen molar-refractivity contribution in [1.82, 2.24) is 15.5 Å². The molecule has 1 saturated carbocycles. The lowest BCUT2D eigenvalue weighted by Gasteiger charge is -2.22. The zero-order chi connectivity index (χ0) is 15.8. The second-order valence-corrected chi connectivity index (χ2v) is 7.12. The van der Waals surface area contributed by atoms with E-state index in [2.05, 4.69) is 15.5 Å². The summed E-state index contributed by atoms with van der Waals surface area (Å²) >= 11 is 0. The van der Waals surface area contributed by atoms with Crippen LogP contribution in [0.15, 0.2) is 4.52 Å². The van der Waals surface area contributed by atoms with Crippen LogP contribution in [0.5, 0.6) is 0 Å². The Kier molecular flexibility index (Phi) is 4.10. The summed E-state index contributed by atoms with van der Waals surface area (Å²) < 4.78 is 10.7. The molecular weight excluding hydrogens is 270 g/mol. The number of carbonyl (C=O) groups is 1. The SMILES string of the molecule is CCO[C@@H]1C[C@@H]1C(=O)NC(C)(C)c1noc(C(C)(C)C)n1. The summed E-state index contributed by atoms with van der Waals surface area (Å²) in [4.78, 5) is 16.6. The third-order valence-corrected chi connectivity index (χ3v) is 3.51. The van der Waals surface area contributed by atoms with E-state index in [9.17, 15) is 4.79 Å². The van der Waals surface area contributed by atoms with Crippen molar-refractivity contribution in [3.05, 3.63) is 11.7 Å². The molecule has 1 aromatic heterocycles. The van der Waals surface area contributed by atoms with Crippen LogP contribution in [0.3, 0.4) is 0 Å². The van der Waals surface area contributed by atoms with Gasteiger partial charge >= 0.3 is 0 Å². The largest absolute Gasteiger partial charge is 0.378 e. The molecule has 0 spiro atoms. The topological polar surface area (TPSA) is 77.2 Å². The van der Waals surface area contributed by atoms with E-state index in [1.54, 1.807) is 0 Å². The highest BCUT2D eigenvalue weighted by atomic mass is 16.5. The second-order valence-electron chi connectivity index (χ2n) is 7.12. The third-order valence-electron chi connectivity index (χ3n) is 3.51. The number of rotatable bonds is 5. The molecule has 21 heavy (non-hydrogen) atoms. The molecule has 6 nitrogen and oxygen atoms in total. The molecule has 2 rings (SSSR count). The fourth-order valence-electron chi connectivity index (χ4n) is 2.08. The van der Waals surface area contributed by atoms with Crippen molar-refractivity contribution in [3.8, 4) is 0 Å². The van der Waals surface area contributed by atoms with E-state index in [-0.39, 0.29) is 23.3 Å². The predicted octanol–water partition coefficient (Wildman–Crippen LogP) is 2.14. The van der Waals surface area contributed by atoms with Crippen molar-refractivity contribution in [2.75, 3.05) is 6.61 Å². The zero-order valence-corrected chi connectivity index (χ0v) is 13.7. The van der Waals surface area contributed by atoms with Crippen LogP contribution in [0.4, 0.5) is 0 Å². The molecule has 1 N–H and O–H groups in total. The highest BCUT2D eigenvalue weighted by Crippen LogP contribution is 2.35. The predicted molar refractivity (Wildman–Crippen MR) is 77.7 cm³/mol. The van der Waals surface area contributed by atoms with Gasteiger partial charge in [-0.25, -0.2) is 0 Å². The van der Waals surface area contributed by atoms with Gasteiger partial charge in [0.1, 0.15) is 0 Å². The van der Waals surface area contributed by atoms with Crippen LogP contribution < -0.4 is 5.32 Å². The van der Waals surface area contributed by atoms with E-state index < -0.39 is 5.54 Å². The number of carbonyl (C=O) groups excluding carboxylic acids is 1. The summed E-state index contributed by atoms with van der Waals surface area (Å²) in [5.41, 5.74) is -0.870. The summed E-state index contributed by atoms with van der Waals surface area (Å²) in [7, 11) is 0. The van der Waals surface area contributed by atoms with Crippen LogP contribution in [-0.2, 0) is 20.5 Å². The minimum absolute atomic E-state index is 0.0134. The van der Waals surface area contributed by atoms with Crippen LogP contribution in [-0.4, -0.2) is 28.8 Å². The quantitative estimate of drug-likeness (QED) is 0.900. The lowest BCUT2D eigenvalue weighted by Crippen LogP contribution is -2.43. The van der Waals surface area contributed by atoms with E-state index in [1.165, 1.54) is 0 Å². The van der Waals surface area contributed by atoms with E-state index in [0.29, 0.717) is 18.3 Å². The molecule has 0 aromatic carbocycles. The van der Waals surface area contributed by atoms with Gasteiger partial charge in [-0.1, -0.05) is 25.9 Å². The molecule has 2 atom stereocenters. The Morgan fingerprint density at radius 1 is 1.38 bits per heavy atom. The average Bonchev–Trinajstić information content (AvgIpc) is 2.90. The van der Waals surface area contributed by atoms with Gasteiger partial charge in [-0.05, 0) is 27.2 Å². The van der Waals surface area contributed by atoms with E-state index in [4.69, 9.17) is 9.26 Å². The van der Waals surface area contributed by atoms with Gasteiger partial charge in [0.25, 0.3) is 0 Å². The molecule has 0 radical (unpaired) electrons. The van der Waals surface area contributed by atoms with Gasteiger partial charge in [-0.3, -0.25) is 4.79 Å². The Bertz CT molecular complexity index is 516. The van der Waals surface area contributed by atoms with E-state index in [1.807, 2.05) is 41.5 Å². The number of nitrogens with one attached hydrogen (secondary N) is 1. The highest BCUT2D eigenvalue weighted by Gasteiger charge is 2.46.